The highest BCUT2D eigenvalue weighted by Crippen LogP contribution is 2.31. The Morgan fingerprint density at radius 2 is 2.28 bits per heavy atom. The molecule has 2 aromatic rings. The minimum atomic E-state index is -0.258. The molecule has 1 aromatic heterocycles. The van der Waals surface area contributed by atoms with Crippen LogP contribution >= 0.6 is 27.5 Å². The van der Waals surface area contributed by atoms with Gasteiger partial charge >= 0.3 is 0 Å². The lowest BCUT2D eigenvalue weighted by molar-refractivity contribution is 0.627. The lowest BCUT2D eigenvalue weighted by Gasteiger charge is -2.05. The van der Waals surface area contributed by atoms with Gasteiger partial charge in [-0.2, -0.15) is 0 Å². The number of nitrogens with zero attached hydrogens (tertiary/aromatic N) is 2. The van der Waals surface area contributed by atoms with E-state index in [-0.39, 0.29) is 5.82 Å². The van der Waals surface area contributed by atoms with Crippen molar-refractivity contribution in [1.29, 1.82) is 0 Å². The van der Waals surface area contributed by atoms with Crippen molar-refractivity contribution >= 4 is 27.5 Å². The Bertz CT molecular complexity index is 568. The van der Waals surface area contributed by atoms with Crippen LogP contribution in [-0.4, -0.2) is 15.6 Å². The predicted octanol–water partition coefficient (Wildman–Crippen LogP) is 3.36. The Morgan fingerprint density at radius 1 is 1.44 bits per heavy atom. The van der Waals surface area contributed by atoms with Gasteiger partial charge in [0.2, 0.25) is 0 Å². The molecule has 1 heterocycles. The van der Waals surface area contributed by atoms with Crippen LogP contribution < -0.4 is 5.32 Å². The van der Waals surface area contributed by atoms with Crippen LogP contribution in [0.2, 0.25) is 0 Å². The summed E-state index contributed by atoms with van der Waals surface area (Å²) in [4.78, 5) is 1.09. The molecule has 1 aliphatic carbocycles. The highest BCUT2D eigenvalue weighted by Gasteiger charge is 2.22. The van der Waals surface area contributed by atoms with E-state index in [9.17, 15) is 4.39 Å². The first kappa shape index (κ1) is 12.2. The van der Waals surface area contributed by atoms with Crippen LogP contribution in [0.1, 0.15) is 17.7 Å². The lowest BCUT2D eigenvalue weighted by Crippen LogP contribution is -2.14. The number of hydrogen-bond acceptors (Lipinski definition) is 4. The maximum atomic E-state index is 13.1. The van der Waals surface area contributed by atoms with Crippen molar-refractivity contribution in [2.45, 2.75) is 25.4 Å². The zero-order valence-corrected chi connectivity index (χ0v) is 11.9. The van der Waals surface area contributed by atoms with Gasteiger partial charge in [-0.15, -0.1) is 5.10 Å². The van der Waals surface area contributed by atoms with Gasteiger partial charge in [-0.3, -0.25) is 0 Å². The van der Waals surface area contributed by atoms with E-state index in [4.69, 9.17) is 0 Å². The Morgan fingerprint density at radius 3 is 3.00 bits per heavy atom. The minimum absolute atomic E-state index is 0.258. The highest BCUT2D eigenvalue weighted by atomic mass is 79.9. The summed E-state index contributed by atoms with van der Waals surface area (Å²) >= 11 is 4.76. The zero-order chi connectivity index (χ0) is 12.5. The molecule has 1 aromatic carbocycles. The second-order valence-electron chi connectivity index (χ2n) is 4.32. The van der Waals surface area contributed by atoms with Gasteiger partial charge in [0.25, 0.3) is 0 Å². The fourth-order valence-electron chi connectivity index (χ4n) is 1.74. The topological polar surface area (TPSA) is 37.8 Å². The van der Waals surface area contributed by atoms with E-state index in [1.165, 1.54) is 36.5 Å². The molecular formula is C12H11BrFN3S. The molecule has 1 N–H and O–H groups in total. The molecule has 0 unspecified atom stereocenters. The fourth-order valence-corrected chi connectivity index (χ4v) is 2.88. The second kappa shape index (κ2) is 5.03. The van der Waals surface area contributed by atoms with E-state index < -0.39 is 0 Å². The van der Waals surface area contributed by atoms with Gasteiger partial charge in [-0.25, -0.2) is 4.39 Å². The Labute approximate surface area is 117 Å². The SMILES string of the molecule is Fc1ccc(-c2nnsc2CNC2CC2)c(Br)c1. The summed E-state index contributed by atoms with van der Waals surface area (Å²) in [6.45, 7) is 0.779. The van der Waals surface area contributed by atoms with Gasteiger partial charge in [0, 0.05) is 22.6 Å². The van der Waals surface area contributed by atoms with Crippen LogP contribution in [0.15, 0.2) is 22.7 Å². The highest BCUT2D eigenvalue weighted by molar-refractivity contribution is 9.10. The maximum Gasteiger partial charge on any atom is 0.124 e. The van der Waals surface area contributed by atoms with Gasteiger partial charge < -0.3 is 5.32 Å². The molecule has 3 nitrogen and oxygen atoms in total. The molecule has 0 amide bonds. The Hall–Kier alpha value is -0.850. The molecule has 0 bridgehead atoms. The summed E-state index contributed by atoms with van der Waals surface area (Å²) in [5.74, 6) is -0.258. The number of nitrogens with one attached hydrogen (secondary N) is 1. The zero-order valence-electron chi connectivity index (χ0n) is 9.49. The van der Waals surface area contributed by atoms with Crippen molar-refractivity contribution in [3.8, 4) is 11.3 Å². The van der Waals surface area contributed by atoms with Crippen molar-refractivity contribution in [3.05, 3.63) is 33.4 Å². The quantitative estimate of drug-likeness (QED) is 0.935. The average molecular weight is 328 g/mol. The Kier molecular flexibility index (Phi) is 3.41. The molecule has 1 fully saturated rings. The normalized spacial score (nSPS) is 15.0. The number of benzene rings is 1. The van der Waals surface area contributed by atoms with E-state index in [1.807, 2.05) is 0 Å². The number of hydrogen-bond donors (Lipinski definition) is 1. The standard InChI is InChI=1S/C12H11BrFN3S/c13-10-5-7(14)1-4-9(10)12-11(18-17-16-12)6-15-8-2-3-8/h1,4-5,8,15H,2-3,6H2. The number of halogens is 2. The molecule has 0 spiro atoms. The molecular weight excluding hydrogens is 317 g/mol. The lowest BCUT2D eigenvalue weighted by atomic mass is 10.1. The number of rotatable bonds is 4. The van der Waals surface area contributed by atoms with Crippen LogP contribution in [0.3, 0.4) is 0 Å². The third-order valence-electron chi connectivity index (χ3n) is 2.87. The van der Waals surface area contributed by atoms with Crippen molar-refractivity contribution in [1.82, 2.24) is 14.9 Å². The van der Waals surface area contributed by atoms with Gasteiger partial charge in [0.1, 0.15) is 11.5 Å². The van der Waals surface area contributed by atoms with E-state index in [2.05, 4.69) is 30.8 Å². The van der Waals surface area contributed by atoms with E-state index >= 15 is 0 Å². The van der Waals surface area contributed by atoms with Crippen molar-refractivity contribution in [3.63, 3.8) is 0 Å². The molecule has 0 radical (unpaired) electrons. The van der Waals surface area contributed by atoms with Crippen LogP contribution in [-0.2, 0) is 6.54 Å². The van der Waals surface area contributed by atoms with Gasteiger partial charge in [-0.05, 0) is 58.5 Å². The van der Waals surface area contributed by atoms with E-state index in [0.717, 1.165) is 22.7 Å². The van der Waals surface area contributed by atoms with E-state index in [1.54, 1.807) is 6.07 Å². The van der Waals surface area contributed by atoms with Gasteiger partial charge in [-0.1, -0.05) is 4.49 Å². The summed E-state index contributed by atoms with van der Waals surface area (Å²) in [6.07, 6.45) is 2.50. The van der Waals surface area contributed by atoms with Crippen LogP contribution in [0.25, 0.3) is 11.3 Å². The minimum Gasteiger partial charge on any atom is -0.309 e. The van der Waals surface area contributed by atoms with Crippen LogP contribution in [0.4, 0.5) is 4.39 Å². The predicted molar refractivity (Wildman–Crippen MR) is 72.9 cm³/mol. The molecule has 0 saturated heterocycles. The smallest absolute Gasteiger partial charge is 0.124 e. The molecule has 0 atom stereocenters. The van der Waals surface area contributed by atoms with Crippen molar-refractivity contribution < 1.29 is 4.39 Å². The van der Waals surface area contributed by atoms with E-state index in [0.29, 0.717) is 10.5 Å². The summed E-state index contributed by atoms with van der Waals surface area (Å²) < 4.78 is 17.8. The molecule has 94 valence electrons. The summed E-state index contributed by atoms with van der Waals surface area (Å²) in [5.41, 5.74) is 1.72. The molecule has 18 heavy (non-hydrogen) atoms. The monoisotopic (exact) mass is 327 g/mol. The molecule has 1 aliphatic rings. The molecule has 3 rings (SSSR count). The van der Waals surface area contributed by atoms with Crippen LogP contribution in [0.5, 0.6) is 0 Å². The third-order valence-corrected chi connectivity index (χ3v) is 4.25. The summed E-state index contributed by atoms with van der Waals surface area (Å²) in [5, 5.41) is 7.59. The molecule has 1 saturated carbocycles. The van der Waals surface area contributed by atoms with Crippen molar-refractivity contribution in [2.75, 3.05) is 0 Å². The largest absolute Gasteiger partial charge is 0.309 e. The van der Waals surface area contributed by atoms with Gasteiger partial charge in [0.15, 0.2) is 0 Å². The van der Waals surface area contributed by atoms with Crippen molar-refractivity contribution in [2.24, 2.45) is 0 Å². The molecule has 6 heteroatoms. The summed E-state index contributed by atoms with van der Waals surface area (Å²) in [7, 11) is 0. The first-order chi connectivity index (χ1) is 8.74. The molecule has 0 aliphatic heterocycles. The maximum absolute atomic E-state index is 13.1. The first-order valence-corrected chi connectivity index (χ1v) is 7.30. The first-order valence-electron chi connectivity index (χ1n) is 5.74. The average Bonchev–Trinajstić information content (AvgIpc) is 3.06. The second-order valence-corrected chi connectivity index (χ2v) is 6.02. The number of aromatic nitrogens is 2. The fraction of sp³-hybridized carbons (Fsp3) is 0.333. The van der Waals surface area contributed by atoms with Crippen LogP contribution in [0, 0.1) is 5.82 Å². The third kappa shape index (κ3) is 2.60. The Balaban J connectivity index is 1.88. The van der Waals surface area contributed by atoms with Gasteiger partial charge in [0.05, 0.1) is 4.88 Å². The summed E-state index contributed by atoms with van der Waals surface area (Å²) in [6, 6.07) is 5.28.